The maximum atomic E-state index is 11.7. The number of ether oxygens (including phenoxy) is 1. The highest BCUT2D eigenvalue weighted by molar-refractivity contribution is 5.90. The van der Waals surface area contributed by atoms with Gasteiger partial charge in [-0.1, -0.05) is 18.2 Å². The second-order valence-electron chi connectivity index (χ2n) is 4.23. The highest BCUT2D eigenvalue weighted by atomic mass is 16.5. The number of benzene rings is 1. The lowest BCUT2D eigenvalue weighted by Crippen LogP contribution is -2.15. The summed E-state index contributed by atoms with van der Waals surface area (Å²) in [5.41, 5.74) is 0.762. The predicted molar refractivity (Wildman–Crippen MR) is 76.4 cm³/mol. The molecule has 0 spiro atoms. The van der Waals surface area contributed by atoms with Crippen molar-refractivity contribution in [1.29, 1.82) is 0 Å². The van der Waals surface area contributed by atoms with Gasteiger partial charge in [0.05, 0.1) is 24.8 Å². The van der Waals surface area contributed by atoms with Gasteiger partial charge in [-0.2, -0.15) is 0 Å². The van der Waals surface area contributed by atoms with E-state index in [0.29, 0.717) is 5.75 Å². The molecular formula is C15H14N2O4. The summed E-state index contributed by atoms with van der Waals surface area (Å²) in [6.45, 7) is 0.142. The Balaban J connectivity index is 1.80. The third kappa shape index (κ3) is 4.61. The van der Waals surface area contributed by atoms with Crippen LogP contribution in [0.25, 0.3) is 0 Å². The van der Waals surface area contributed by atoms with Gasteiger partial charge < -0.3 is 15.2 Å². The standard InChI is InChI=1S/C15H14N2O4/c18-14(17-12-4-2-1-3-5-12)6-7-21-13-8-11(15(19)20)9-16-10-13/h1-5,8-10H,6-7H2,(H,17,18)(H,19,20). The summed E-state index contributed by atoms with van der Waals surface area (Å²) in [7, 11) is 0. The average molecular weight is 286 g/mol. The molecule has 0 fully saturated rings. The molecule has 0 unspecified atom stereocenters. The molecule has 0 saturated carbocycles. The number of carbonyl (C=O) groups excluding carboxylic acids is 1. The first-order chi connectivity index (χ1) is 10.1. The molecule has 108 valence electrons. The molecule has 0 radical (unpaired) electrons. The summed E-state index contributed by atoms with van der Waals surface area (Å²) in [4.78, 5) is 26.2. The first-order valence-electron chi connectivity index (χ1n) is 6.31. The summed E-state index contributed by atoms with van der Waals surface area (Å²) in [6, 6.07) is 10.5. The number of aromatic carboxylic acids is 1. The number of rotatable bonds is 6. The molecule has 2 N–H and O–H groups in total. The number of hydrogen-bond acceptors (Lipinski definition) is 4. The van der Waals surface area contributed by atoms with Crippen LogP contribution in [0.4, 0.5) is 5.69 Å². The molecule has 0 aliphatic rings. The number of carboxylic acid groups (broad SMARTS) is 1. The molecule has 2 aromatic rings. The number of anilines is 1. The molecule has 0 atom stereocenters. The summed E-state index contributed by atoms with van der Waals surface area (Å²) < 4.78 is 5.32. The average Bonchev–Trinajstić information content (AvgIpc) is 2.48. The number of nitrogens with zero attached hydrogens (tertiary/aromatic N) is 1. The van der Waals surface area contributed by atoms with E-state index < -0.39 is 5.97 Å². The number of nitrogens with one attached hydrogen (secondary N) is 1. The number of carbonyl (C=O) groups is 2. The zero-order valence-electron chi connectivity index (χ0n) is 11.2. The third-order valence-electron chi connectivity index (χ3n) is 2.62. The summed E-state index contributed by atoms with van der Waals surface area (Å²) >= 11 is 0. The van der Waals surface area contributed by atoms with Crippen molar-refractivity contribution < 1.29 is 19.4 Å². The molecule has 1 heterocycles. The van der Waals surface area contributed by atoms with Crippen LogP contribution in [0.15, 0.2) is 48.8 Å². The van der Waals surface area contributed by atoms with E-state index in [1.807, 2.05) is 18.2 Å². The van der Waals surface area contributed by atoms with Crippen LogP contribution in [0.5, 0.6) is 5.75 Å². The van der Waals surface area contributed by atoms with Gasteiger partial charge in [-0.15, -0.1) is 0 Å². The minimum Gasteiger partial charge on any atom is -0.491 e. The molecule has 1 aromatic carbocycles. The summed E-state index contributed by atoms with van der Waals surface area (Å²) in [5, 5.41) is 11.6. The number of para-hydroxylation sites is 1. The van der Waals surface area contributed by atoms with Crippen molar-refractivity contribution in [2.75, 3.05) is 11.9 Å². The Morgan fingerprint density at radius 2 is 1.95 bits per heavy atom. The Morgan fingerprint density at radius 1 is 1.19 bits per heavy atom. The van der Waals surface area contributed by atoms with Crippen LogP contribution in [-0.2, 0) is 4.79 Å². The highest BCUT2D eigenvalue weighted by Crippen LogP contribution is 2.12. The van der Waals surface area contributed by atoms with Crippen molar-refractivity contribution in [3.05, 3.63) is 54.4 Å². The lowest BCUT2D eigenvalue weighted by atomic mass is 10.3. The van der Waals surface area contributed by atoms with E-state index in [-0.39, 0.29) is 24.5 Å². The fourth-order valence-electron chi connectivity index (χ4n) is 1.62. The zero-order chi connectivity index (χ0) is 15.1. The second-order valence-corrected chi connectivity index (χ2v) is 4.23. The van der Waals surface area contributed by atoms with Gasteiger partial charge in [0, 0.05) is 11.9 Å². The van der Waals surface area contributed by atoms with E-state index in [2.05, 4.69) is 10.3 Å². The van der Waals surface area contributed by atoms with Gasteiger partial charge in [0.25, 0.3) is 0 Å². The van der Waals surface area contributed by atoms with Crippen molar-refractivity contribution in [2.45, 2.75) is 6.42 Å². The lowest BCUT2D eigenvalue weighted by molar-refractivity contribution is -0.116. The molecular weight excluding hydrogens is 272 g/mol. The van der Waals surface area contributed by atoms with Crippen molar-refractivity contribution in [1.82, 2.24) is 4.98 Å². The Morgan fingerprint density at radius 3 is 2.67 bits per heavy atom. The van der Waals surface area contributed by atoms with Crippen LogP contribution in [0.1, 0.15) is 16.8 Å². The van der Waals surface area contributed by atoms with Gasteiger partial charge in [-0.3, -0.25) is 9.78 Å². The van der Waals surface area contributed by atoms with Crippen LogP contribution in [-0.4, -0.2) is 28.6 Å². The maximum absolute atomic E-state index is 11.7. The molecule has 0 bridgehead atoms. The fraction of sp³-hybridized carbons (Fsp3) is 0.133. The van der Waals surface area contributed by atoms with E-state index in [1.165, 1.54) is 18.5 Å². The molecule has 2 rings (SSSR count). The highest BCUT2D eigenvalue weighted by Gasteiger charge is 2.06. The predicted octanol–water partition coefficient (Wildman–Crippen LogP) is 2.19. The van der Waals surface area contributed by atoms with E-state index in [1.54, 1.807) is 12.1 Å². The third-order valence-corrected chi connectivity index (χ3v) is 2.62. The number of aromatic nitrogens is 1. The Hall–Kier alpha value is -2.89. The van der Waals surface area contributed by atoms with Crippen molar-refractivity contribution in [3.8, 4) is 5.75 Å². The normalized spacial score (nSPS) is 9.90. The molecule has 6 nitrogen and oxygen atoms in total. The number of carboxylic acids is 1. The van der Waals surface area contributed by atoms with Gasteiger partial charge >= 0.3 is 5.97 Å². The fourth-order valence-corrected chi connectivity index (χ4v) is 1.62. The molecule has 0 aliphatic carbocycles. The molecule has 0 aliphatic heterocycles. The Bertz CT molecular complexity index is 629. The van der Waals surface area contributed by atoms with Crippen molar-refractivity contribution in [3.63, 3.8) is 0 Å². The number of pyridine rings is 1. The second kappa shape index (κ2) is 7.04. The van der Waals surface area contributed by atoms with Crippen LogP contribution in [0, 0.1) is 0 Å². The van der Waals surface area contributed by atoms with Crippen LogP contribution in [0.3, 0.4) is 0 Å². The van der Waals surface area contributed by atoms with Crippen LogP contribution >= 0.6 is 0 Å². The monoisotopic (exact) mass is 286 g/mol. The molecule has 0 saturated heterocycles. The largest absolute Gasteiger partial charge is 0.491 e. The van der Waals surface area contributed by atoms with Crippen LogP contribution < -0.4 is 10.1 Å². The first-order valence-corrected chi connectivity index (χ1v) is 6.31. The van der Waals surface area contributed by atoms with Gasteiger partial charge in [-0.25, -0.2) is 4.79 Å². The van der Waals surface area contributed by atoms with E-state index in [9.17, 15) is 9.59 Å². The Kier molecular flexibility index (Phi) is 4.87. The van der Waals surface area contributed by atoms with E-state index >= 15 is 0 Å². The smallest absolute Gasteiger partial charge is 0.337 e. The Labute approximate surface area is 121 Å². The minimum atomic E-state index is -1.07. The van der Waals surface area contributed by atoms with Gasteiger partial charge in [0.2, 0.25) is 5.91 Å². The summed E-state index contributed by atoms with van der Waals surface area (Å²) in [6.07, 6.45) is 2.80. The number of amides is 1. The summed E-state index contributed by atoms with van der Waals surface area (Å²) in [5.74, 6) is -0.930. The van der Waals surface area contributed by atoms with Gasteiger partial charge in [0.15, 0.2) is 0 Å². The first kappa shape index (κ1) is 14.5. The molecule has 1 amide bonds. The van der Waals surface area contributed by atoms with Gasteiger partial charge in [-0.05, 0) is 18.2 Å². The maximum Gasteiger partial charge on any atom is 0.337 e. The quantitative estimate of drug-likeness (QED) is 0.849. The molecule has 1 aromatic heterocycles. The minimum absolute atomic E-state index is 0.0428. The van der Waals surface area contributed by atoms with E-state index in [4.69, 9.17) is 9.84 Å². The zero-order valence-corrected chi connectivity index (χ0v) is 11.2. The van der Waals surface area contributed by atoms with Crippen LogP contribution in [0.2, 0.25) is 0 Å². The SMILES string of the molecule is O=C(CCOc1cncc(C(=O)O)c1)Nc1ccccc1. The lowest BCUT2D eigenvalue weighted by Gasteiger charge is -2.07. The van der Waals surface area contributed by atoms with Gasteiger partial charge in [0.1, 0.15) is 5.75 Å². The number of hydrogen-bond donors (Lipinski definition) is 2. The van der Waals surface area contributed by atoms with E-state index in [0.717, 1.165) is 5.69 Å². The molecule has 6 heteroatoms. The van der Waals surface area contributed by atoms with Crippen molar-refractivity contribution >= 4 is 17.6 Å². The topological polar surface area (TPSA) is 88.5 Å². The van der Waals surface area contributed by atoms with Crippen molar-refractivity contribution in [2.24, 2.45) is 0 Å². The molecule has 21 heavy (non-hydrogen) atoms.